The molecule has 2 aliphatic rings. The maximum Gasteiger partial charge on any atom is 0.266 e. The lowest BCUT2D eigenvalue weighted by Gasteiger charge is -2.14. The van der Waals surface area contributed by atoms with E-state index in [9.17, 15) is 9.59 Å². The number of nitrogens with one attached hydrogen (secondary N) is 1. The van der Waals surface area contributed by atoms with Gasteiger partial charge in [-0.2, -0.15) is 0 Å². The topological polar surface area (TPSA) is 67.9 Å². The average molecular weight is 398 g/mol. The summed E-state index contributed by atoms with van der Waals surface area (Å²) in [6, 6.07) is 14.5. The minimum atomic E-state index is -0.304. The minimum Gasteiger partial charge on any atom is -0.454 e. The van der Waals surface area contributed by atoms with Gasteiger partial charge in [0.15, 0.2) is 11.5 Å². The van der Waals surface area contributed by atoms with Gasteiger partial charge in [0, 0.05) is 5.69 Å². The summed E-state index contributed by atoms with van der Waals surface area (Å²) in [5.41, 5.74) is 1.47. The van der Waals surface area contributed by atoms with Gasteiger partial charge in [-0.1, -0.05) is 48.2 Å². The van der Waals surface area contributed by atoms with Crippen molar-refractivity contribution in [2.45, 2.75) is 0 Å². The molecule has 0 saturated carbocycles. The summed E-state index contributed by atoms with van der Waals surface area (Å²) in [5.74, 6) is 0.728. The standard InChI is InChI=1S/C19H14N2O4S2/c22-17(20-13-4-2-1-3-5-13)10-21-18(23)16(27-19(21)26)9-12-6-7-14-15(8-12)25-11-24-14/h1-9H,10-11H2,(H,20,22)/b16-9-. The van der Waals surface area contributed by atoms with Crippen LogP contribution in [0.5, 0.6) is 11.5 Å². The number of carbonyl (C=O) groups is 2. The van der Waals surface area contributed by atoms with E-state index in [0.717, 1.165) is 5.56 Å². The van der Waals surface area contributed by atoms with Crippen molar-refractivity contribution in [3.63, 3.8) is 0 Å². The Balaban J connectivity index is 1.46. The lowest BCUT2D eigenvalue weighted by Crippen LogP contribution is -2.36. The van der Waals surface area contributed by atoms with Gasteiger partial charge in [-0.3, -0.25) is 14.5 Å². The Morgan fingerprint density at radius 2 is 1.96 bits per heavy atom. The summed E-state index contributed by atoms with van der Waals surface area (Å²) in [4.78, 5) is 26.7. The molecule has 2 amide bonds. The number of hydrogen-bond acceptors (Lipinski definition) is 6. The second-order valence-electron chi connectivity index (χ2n) is 5.79. The maximum atomic E-state index is 12.7. The van der Waals surface area contributed by atoms with Gasteiger partial charge in [-0.05, 0) is 35.9 Å². The zero-order valence-corrected chi connectivity index (χ0v) is 15.6. The summed E-state index contributed by atoms with van der Waals surface area (Å²) in [7, 11) is 0. The van der Waals surface area contributed by atoms with Crippen molar-refractivity contribution in [3.05, 3.63) is 59.0 Å². The molecule has 1 N–H and O–H groups in total. The monoisotopic (exact) mass is 398 g/mol. The third-order valence-electron chi connectivity index (χ3n) is 3.93. The third kappa shape index (κ3) is 3.81. The SMILES string of the molecule is O=C(CN1C(=O)/C(=C/c2ccc3c(c2)OCO3)SC1=S)Nc1ccccc1. The summed E-state index contributed by atoms with van der Waals surface area (Å²) in [6.07, 6.45) is 1.73. The highest BCUT2D eigenvalue weighted by Gasteiger charge is 2.33. The molecule has 0 aromatic heterocycles. The molecule has 136 valence electrons. The van der Waals surface area contributed by atoms with E-state index in [-0.39, 0.29) is 25.2 Å². The maximum absolute atomic E-state index is 12.7. The lowest BCUT2D eigenvalue weighted by molar-refractivity contribution is -0.126. The van der Waals surface area contributed by atoms with E-state index < -0.39 is 0 Å². The number of rotatable bonds is 4. The van der Waals surface area contributed by atoms with Crippen LogP contribution < -0.4 is 14.8 Å². The van der Waals surface area contributed by atoms with Crippen molar-refractivity contribution < 1.29 is 19.1 Å². The van der Waals surface area contributed by atoms with Gasteiger partial charge in [0.2, 0.25) is 12.7 Å². The van der Waals surface area contributed by atoms with Crippen LogP contribution >= 0.6 is 24.0 Å². The van der Waals surface area contributed by atoms with Gasteiger partial charge in [-0.25, -0.2) is 0 Å². The molecule has 0 bridgehead atoms. The van der Waals surface area contributed by atoms with E-state index in [1.54, 1.807) is 30.3 Å². The molecule has 2 aromatic carbocycles. The zero-order valence-electron chi connectivity index (χ0n) is 14.0. The number of carbonyl (C=O) groups excluding carboxylic acids is 2. The van der Waals surface area contributed by atoms with Crippen LogP contribution in [0.4, 0.5) is 5.69 Å². The van der Waals surface area contributed by atoms with Crippen LogP contribution in [0.15, 0.2) is 53.4 Å². The molecule has 0 aliphatic carbocycles. The Labute approximate surface area is 165 Å². The second kappa shape index (κ2) is 7.42. The second-order valence-corrected chi connectivity index (χ2v) is 7.47. The largest absolute Gasteiger partial charge is 0.454 e. The molecule has 2 aliphatic heterocycles. The molecule has 0 atom stereocenters. The summed E-state index contributed by atoms with van der Waals surface area (Å²) in [5, 5.41) is 2.75. The Bertz CT molecular complexity index is 959. The molecule has 4 rings (SSSR count). The van der Waals surface area contributed by atoms with Gasteiger partial charge in [0.05, 0.1) is 4.91 Å². The van der Waals surface area contributed by atoms with Crippen LogP contribution in [0.1, 0.15) is 5.56 Å². The number of thioether (sulfide) groups is 1. The van der Waals surface area contributed by atoms with Crippen molar-refractivity contribution in [2.75, 3.05) is 18.7 Å². The predicted molar refractivity (Wildman–Crippen MR) is 108 cm³/mol. The van der Waals surface area contributed by atoms with Crippen LogP contribution in [0.2, 0.25) is 0 Å². The van der Waals surface area contributed by atoms with Crippen molar-refractivity contribution >= 4 is 51.9 Å². The molecular weight excluding hydrogens is 384 g/mol. The quantitative estimate of drug-likeness (QED) is 0.630. The van der Waals surface area contributed by atoms with Gasteiger partial charge < -0.3 is 14.8 Å². The number of hydrogen-bond donors (Lipinski definition) is 1. The molecule has 0 unspecified atom stereocenters. The first-order valence-electron chi connectivity index (χ1n) is 8.10. The molecule has 0 radical (unpaired) electrons. The Morgan fingerprint density at radius 3 is 2.78 bits per heavy atom. The van der Waals surface area contributed by atoms with E-state index in [1.165, 1.54) is 16.7 Å². The molecular formula is C19H14N2O4S2. The smallest absolute Gasteiger partial charge is 0.266 e. The number of para-hydroxylation sites is 1. The van der Waals surface area contributed by atoms with E-state index in [0.29, 0.717) is 26.4 Å². The Morgan fingerprint density at radius 1 is 1.19 bits per heavy atom. The fourth-order valence-corrected chi connectivity index (χ4v) is 3.91. The first-order valence-corrected chi connectivity index (χ1v) is 9.32. The molecule has 0 spiro atoms. The first-order chi connectivity index (χ1) is 13.1. The van der Waals surface area contributed by atoms with Crippen LogP contribution in [0.25, 0.3) is 6.08 Å². The summed E-state index contributed by atoms with van der Waals surface area (Å²) >= 11 is 6.45. The van der Waals surface area contributed by atoms with E-state index in [4.69, 9.17) is 21.7 Å². The molecule has 8 heteroatoms. The van der Waals surface area contributed by atoms with Gasteiger partial charge >= 0.3 is 0 Å². The van der Waals surface area contributed by atoms with Gasteiger partial charge in [-0.15, -0.1) is 0 Å². The van der Waals surface area contributed by atoms with E-state index in [1.807, 2.05) is 24.3 Å². The molecule has 2 heterocycles. The molecule has 1 fully saturated rings. The minimum absolute atomic E-state index is 0.127. The number of amides is 2. The normalized spacial score (nSPS) is 16.9. The summed E-state index contributed by atoms with van der Waals surface area (Å²) < 4.78 is 11.0. The molecule has 6 nitrogen and oxygen atoms in total. The van der Waals surface area contributed by atoms with Gasteiger partial charge in [0.1, 0.15) is 10.9 Å². The highest BCUT2D eigenvalue weighted by atomic mass is 32.2. The number of anilines is 1. The number of benzene rings is 2. The molecule has 27 heavy (non-hydrogen) atoms. The number of nitrogens with zero attached hydrogens (tertiary/aromatic N) is 1. The Hall–Kier alpha value is -2.84. The van der Waals surface area contributed by atoms with Crippen molar-refractivity contribution in [3.8, 4) is 11.5 Å². The summed E-state index contributed by atoms with van der Waals surface area (Å²) in [6.45, 7) is 0.0649. The van der Waals surface area contributed by atoms with Crippen LogP contribution in [0.3, 0.4) is 0 Å². The number of ether oxygens (including phenoxy) is 2. The number of thiocarbonyl (C=S) groups is 1. The van der Waals surface area contributed by atoms with Crippen LogP contribution in [-0.4, -0.2) is 34.4 Å². The lowest BCUT2D eigenvalue weighted by atomic mass is 10.2. The Kier molecular flexibility index (Phi) is 4.83. The van der Waals surface area contributed by atoms with Gasteiger partial charge in [0.25, 0.3) is 5.91 Å². The fraction of sp³-hybridized carbons (Fsp3) is 0.105. The van der Waals surface area contributed by atoms with Crippen LogP contribution in [-0.2, 0) is 9.59 Å². The third-order valence-corrected chi connectivity index (χ3v) is 5.31. The fourth-order valence-electron chi connectivity index (χ4n) is 2.66. The first kappa shape index (κ1) is 17.6. The predicted octanol–water partition coefficient (Wildman–Crippen LogP) is 3.26. The highest BCUT2D eigenvalue weighted by molar-refractivity contribution is 8.26. The van der Waals surface area contributed by atoms with Crippen molar-refractivity contribution in [1.82, 2.24) is 4.90 Å². The average Bonchev–Trinajstić information content (AvgIpc) is 3.22. The molecule has 2 aromatic rings. The van der Waals surface area contributed by atoms with E-state index in [2.05, 4.69) is 5.32 Å². The van der Waals surface area contributed by atoms with Crippen molar-refractivity contribution in [2.24, 2.45) is 0 Å². The van der Waals surface area contributed by atoms with Crippen molar-refractivity contribution in [1.29, 1.82) is 0 Å². The van der Waals surface area contributed by atoms with E-state index >= 15 is 0 Å². The zero-order chi connectivity index (χ0) is 18.8. The highest BCUT2D eigenvalue weighted by Crippen LogP contribution is 2.36. The van der Waals surface area contributed by atoms with Crippen LogP contribution in [0, 0.1) is 0 Å². The number of fused-ring (bicyclic) bond motifs is 1. The molecule has 1 saturated heterocycles.